The fraction of sp³-hybridized carbons (Fsp3) is 0.214. The minimum absolute atomic E-state index is 0.680. The van der Waals surface area contributed by atoms with Gasteiger partial charge in [-0.2, -0.15) is 0 Å². The van der Waals surface area contributed by atoms with Crippen LogP contribution in [-0.2, 0) is 6.54 Å². The summed E-state index contributed by atoms with van der Waals surface area (Å²) in [6.45, 7) is 2.69. The summed E-state index contributed by atoms with van der Waals surface area (Å²) in [4.78, 5) is 4.27. The fourth-order valence-corrected chi connectivity index (χ4v) is 1.75. The highest BCUT2D eigenvalue weighted by Gasteiger charge is 2.01. The van der Waals surface area contributed by atoms with Crippen molar-refractivity contribution in [1.82, 2.24) is 4.98 Å². The molecule has 0 aliphatic heterocycles. The lowest BCUT2D eigenvalue weighted by Crippen LogP contribution is -2.04. The van der Waals surface area contributed by atoms with E-state index in [2.05, 4.69) is 10.3 Å². The van der Waals surface area contributed by atoms with Crippen LogP contribution in [0.4, 0.5) is 11.5 Å². The maximum atomic E-state index is 5.67. The third kappa shape index (κ3) is 2.91. The second-order valence-electron chi connectivity index (χ2n) is 4.14. The average molecular weight is 243 g/mol. The Balaban J connectivity index is 2.06. The van der Waals surface area contributed by atoms with Crippen LogP contribution in [-0.4, -0.2) is 12.1 Å². The van der Waals surface area contributed by atoms with Crippen molar-refractivity contribution in [2.45, 2.75) is 13.5 Å². The van der Waals surface area contributed by atoms with Crippen LogP contribution in [0.25, 0.3) is 0 Å². The summed E-state index contributed by atoms with van der Waals surface area (Å²) in [5, 5.41) is 3.29. The molecule has 3 N–H and O–H groups in total. The molecule has 0 aliphatic rings. The molecule has 2 aromatic rings. The topological polar surface area (TPSA) is 60.2 Å². The molecular formula is C14H17N3O. The number of aryl methyl sites for hydroxylation is 1. The van der Waals surface area contributed by atoms with E-state index in [9.17, 15) is 0 Å². The Morgan fingerprint density at radius 2 is 2.17 bits per heavy atom. The molecule has 2 rings (SSSR count). The Bertz CT molecular complexity index is 540. The number of hydrogen-bond donors (Lipinski definition) is 2. The van der Waals surface area contributed by atoms with Crippen molar-refractivity contribution >= 4 is 11.5 Å². The van der Waals surface area contributed by atoms with Crippen LogP contribution < -0.4 is 15.8 Å². The predicted molar refractivity (Wildman–Crippen MR) is 73.7 cm³/mol. The second kappa shape index (κ2) is 5.40. The molecule has 0 fully saturated rings. The summed E-state index contributed by atoms with van der Waals surface area (Å²) in [5.74, 6) is 1.71. The zero-order valence-electron chi connectivity index (χ0n) is 10.6. The second-order valence-corrected chi connectivity index (χ2v) is 4.14. The van der Waals surface area contributed by atoms with E-state index in [1.807, 2.05) is 37.3 Å². The van der Waals surface area contributed by atoms with E-state index in [-0.39, 0.29) is 0 Å². The van der Waals surface area contributed by atoms with Crippen LogP contribution in [0.2, 0.25) is 0 Å². The molecule has 18 heavy (non-hydrogen) atoms. The summed E-state index contributed by atoms with van der Waals surface area (Å²) in [7, 11) is 1.66. The third-order valence-corrected chi connectivity index (χ3v) is 2.69. The number of methoxy groups -OCH3 is 1. The maximum absolute atomic E-state index is 5.67. The molecule has 1 aromatic carbocycles. The lowest BCUT2D eigenvalue weighted by molar-refractivity contribution is 0.414. The number of anilines is 2. The van der Waals surface area contributed by atoms with Gasteiger partial charge in [-0.25, -0.2) is 4.98 Å². The number of ether oxygens (including phenoxy) is 1. The molecule has 4 nitrogen and oxygen atoms in total. The molecule has 94 valence electrons. The SMILES string of the molecule is COc1cccc(CNc2ncc(N)cc2C)c1. The Hall–Kier alpha value is -2.23. The molecule has 1 heterocycles. The van der Waals surface area contributed by atoms with Crippen molar-refractivity contribution in [3.8, 4) is 5.75 Å². The van der Waals surface area contributed by atoms with E-state index >= 15 is 0 Å². The van der Waals surface area contributed by atoms with Crippen molar-refractivity contribution in [2.75, 3.05) is 18.2 Å². The molecule has 4 heteroatoms. The van der Waals surface area contributed by atoms with E-state index in [4.69, 9.17) is 10.5 Å². The van der Waals surface area contributed by atoms with Gasteiger partial charge in [0.15, 0.2) is 0 Å². The van der Waals surface area contributed by atoms with Gasteiger partial charge in [-0.05, 0) is 36.2 Å². The Morgan fingerprint density at radius 3 is 2.89 bits per heavy atom. The van der Waals surface area contributed by atoms with Gasteiger partial charge in [-0.15, -0.1) is 0 Å². The maximum Gasteiger partial charge on any atom is 0.129 e. The van der Waals surface area contributed by atoms with E-state index in [0.717, 1.165) is 22.7 Å². The van der Waals surface area contributed by atoms with Crippen molar-refractivity contribution in [3.63, 3.8) is 0 Å². The molecule has 0 unspecified atom stereocenters. The number of hydrogen-bond acceptors (Lipinski definition) is 4. The van der Waals surface area contributed by atoms with Crippen LogP contribution in [0.3, 0.4) is 0 Å². The summed E-state index contributed by atoms with van der Waals surface area (Å²) >= 11 is 0. The first kappa shape index (κ1) is 12.2. The minimum Gasteiger partial charge on any atom is -0.497 e. The van der Waals surface area contributed by atoms with Crippen LogP contribution in [0.15, 0.2) is 36.5 Å². The standard InChI is InChI=1S/C14H17N3O/c1-10-6-12(15)9-17-14(10)16-8-11-4-3-5-13(7-11)18-2/h3-7,9H,8,15H2,1-2H3,(H,16,17). The van der Waals surface area contributed by atoms with Crippen molar-refractivity contribution in [2.24, 2.45) is 0 Å². The summed E-state index contributed by atoms with van der Waals surface area (Å²) in [5.41, 5.74) is 8.53. The first-order valence-electron chi connectivity index (χ1n) is 5.78. The first-order valence-corrected chi connectivity index (χ1v) is 5.78. The van der Waals surface area contributed by atoms with Crippen molar-refractivity contribution in [1.29, 1.82) is 0 Å². The van der Waals surface area contributed by atoms with Gasteiger partial charge in [0.05, 0.1) is 19.0 Å². The smallest absolute Gasteiger partial charge is 0.129 e. The van der Waals surface area contributed by atoms with Gasteiger partial charge in [0.1, 0.15) is 11.6 Å². The molecule has 0 amide bonds. The molecule has 0 saturated heterocycles. The number of aromatic nitrogens is 1. The molecule has 0 aliphatic carbocycles. The van der Waals surface area contributed by atoms with E-state index in [1.165, 1.54) is 0 Å². The lowest BCUT2D eigenvalue weighted by Gasteiger charge is -2.09. The molecule has 0 spiro atoms. The van der Waals surface area contributed by atoms with E-state index in [0.29, 0.717) is 12.2 Å². The Kier molecular flexibility index (Phi) is 3.67. The zero-order valence-corrected chi connectivity index (χ0v) is 10.6. The van der Waals surface area contributed by atoms with Crippen LogP contribution in [0.1, 0.15) is 11.1 Å². The van der Waals surface area contributed by atoms with E-state index in [1.54, 1.807) is 13.3 Å². The van der Waals surface area contributed by atoms with E-state index < -0.39 is 0 Å². The number of pyridine rings is 1. The highest BCUT2D eigenvalue weighted by Crippen LogP contribution is 2.17. The lowest BCUT2D eigenvalue weighted by atomic mass is 10.2. The Morgan fingerprint density at radius 1 is 1.33 bits per heavy atom. The average Bonchev–Trinajstić information content (AvgIpc) is 2.38. The normalized spacial score (nSPS) is 10.1. The molecule has 1 aromatic heterocycles. The number of benzene rings is 1. The third-order valence-electron chi connectivity index (χ3n) is 2.69. The first-order chi connectivity index (χ1) is 8.69. The molecular weight excluding hydrogens is 226 g/mol. The van der Waals surface area contributed by atoms with Gasteiger partial charge in [0.25, 0.3) is 0 Å². The van der Waals surface area contributed by atoms with Gasteiger partial charge >= 0.3 is 0 Å². The highest BCUT2D eigenvalue weighted by molar-refractivity contribution is 5.51. The molecule has 0 saturated carbocycles. The van der Waals surface area contributed by atoms with Gasteiger partial charge in [-0.1, -0.05) is 12.1 Å². The summed E-state index contributed by atoms with van der Waals surface area (Å²) in [6.07, 6.45) is 1.65. The van der Waals surface area contributed by atoms with Gasteiger partial charge < -0.3 is 15.8 Å². The number of nitrogens with one attached hydrogen (secondary N) is 1. The van der Waals surface area contributed by atoms with Crippen molar-refractivity contribution < 1.29 is 4.74 Å². The highest BCUT2D eigenvalue weighted by atomic mass is 16.5. The molecule has 0 radical (unpaired) electrons. The number of nitrogen functional groups attached to an aromatic ring is 1. The predicted octanol–water partition coefficient (Wildman–Crippen LogP) is 2.59. The van der Waals surface area contributed by atoms with Gasteiger partial charge in [0, 0.05) is 6.54 Å². The summed E-state index contributed by atoms with van der Waals surface area (Å²) < 4.78 is 5.19. The molecule has 0 atom stereocenters. The van der Waals surface area contributed by atoms with Gasteiger partial charge in [-0.3, -0.25) is 0 Å². The number of nitrogens with two attached hydrogens (primary N) is 1. The van der Waals surface area contributed by atoms with Gasteiger partial charge in [0.2, 0.25) is 0 Å². The van der Waals surface area contributed by atoms with Crippen LogP contribution >= 0.6 is 0 Å². The largest absolute Gasteiger partial charge is 0.497 e. The zero-order chi connectivity index (χ0) is 13.0. The Labute approximate surface area is 107 Å². The molecule has 0 bridgehead atoms. The number of rotatable bonds is 4. The summed E-state index contributed by atoms with van der Waals surface area (Å²) in [6, 6.07) is 9.85. The van der Waals surface area contributed by atoms with Crippen LogP contribution in [0.5, 0.6) is 5.75 Å². The van der Waals surface area contributed by atoms with Crippen LogP contribution in [0, 0.1) is 6.92 Å². The van der Waals surface area contributed by atoms with Crippen molar-refractivity contribution in [3.05, 3.63) is 47.7 Å². The minimum atomic E-state index is 0.680. The quantitative estimate of drug-likeness (QED) is 0.866. The number of nitrogens with zero attached hydrogens (tertiary/aromatic N) is 1. The fourth-order valence-electron chi connectivity index (χ4n) is 1.75. The monoisotopic (exact) mass is 243 g/mol.